The SMILES string of the molecule is COc1ccc(Cc2nc3c(c(N(C)C)nn3-c3c(Cl)cc(S(N)(=O)=O)cc3Cl)c(=O)[nH]2)cc1NC(C)=O. The highest BCUT2D eigenvalue weighted by atomic mass is 35.5. The number of nitrogens with two attached hydrogens (primary N) is 1. The largest absolute Gasteiger partial charge is 0.495 e. The number of benzene rings is 2. The van der Waals surface area contributed by atoms with Gasteiger partial charge in [-0.25, -0.2) is 23.2 Å². The number of amides is 1. The van der Waals surface area contributed by atoms with Crippen LogP contribution >= 0.6 is 23.2 Å². The molecule has 0 radical (unpaired) electrons. The van der Waals surface area contributed by atoms with Crippen LogP contribution in [0, 0.1) is 0 Å². The predicted molar refractivity (Wildman–Crippen MR) is 145 cm³/mol. The summed E-state index contributed by atoms with van der Waals surface area (Å²) in [6, 6.07) is 7.48. The summed E-state index contributed by atoms with van der Waals surface area (Å²) in [4.78, 5) is 33.6. The second-order valence-corrected chi connectivity index (χ2v) is 10.9. The van der Waals surface area contributed by atoms with Crippen LogP contribution in [0.3, 0.4) is 0 Å². The molecule has 0 aliphatic carbocycles. The van der Waals surface area contributed by atoms with Crippen molar-refractivity contribution < 1.29 is 17.9 Å². The first-order chi connectivity index (χ1) is 17.8. The van der Waals surface area contributed by atoms with Gasteiger partial charge in [0.25, 0.3) is 5.56 Å². The molecule has 2 aromatic heterocycles. The van der Waals surface area contributed by atoms with E-state index in [1.807, 2.05) is 0 Å². The molecule has 15 heteroatoms. The van der Waals surface area contributed by atoms with Gasteiger partial charge in [-0.05, 0) is 29.8 Å². The highest BCUT2D eigenvalue weighted by Crippen LogP contribution is 2.34. The molecule has 2 aromatic carbocycles. The predicted octanol–water partition coefficient (Wildman–Crippen LogP) is 2.69. The molecule has 38 heavy (non-hydrogen) atoms. The number of fused-ring (bicyclic) bond motifs is 1. The summed E-state index contributed by atoms with van der Waals surface area (Å²) in [5.74, 6) is 0.791. The number of nitrogens with one attached hydrogen (secondary N) is 2. The number of aromatic nitrogens is 4. The number of carbonyl (C=O) groups excluding carboxylic acids is 1. The molecule has 0 aliphatic rings. The van der Waals surface area contributed by atoms with Crippen molar-refractivity contribution in [1.29, 1.82) is 0 Å². The second kappa shape index (κ2) is 10.3. The fraction of sp³-hybridized carbons (Fsp3) is 0.217. The van der Waals surface area contributed by atoms with Gasteiger partial charge in [-0.15, -0.1) is 5.10 Å². The molecule has 0 saturated heterocycles. The summed E-state index contributed by atoms with van der Waals surface area (Å²) in [7, 11) is 0.818. The Morgan fingerprint density at radius 3 is 2.42 bits per heavy atom. The molecule has 0 aliphatic heterocycles. The van der Waals surface area contributed by atoms with Crippen LogP contribution in [0.2, 0.25) is 10.0 Å². The number of H-pyrrole nitrogens is 1. The van der Waals surface area contributed by atoms with Crippen molar-refractivity contribution in [1.82, 2.24) is 19.7 Å². The summed E-state index contributed by atoms with van der Waals surface area (Å²) < 4.78 is 30.2. The zero-order chi connectivity index (χ0) is 27.9. The first-order valence-corrected chi connectivity index (χ1v) is 13.3. The van der Waals surface area contributed by atoms with E-state index in [0.29, 0.717) is 23.1 Å². The molecule has 2 heterocycles. The average molecular weight is 580 g/mol. The minimum absolute atomic E-state index is 0.0602. The van der Waals surface area contributed by atoms with E-state index >= 15 is 0 Å². The van der Waals surface area contributed by atoms with Crippen LogP contribution in [-0.2, 0) is 21.2 Å². The Morgan fingerprint density at radius 2 is 1.87 bits per heavy atom. The molecule has 4 N–H and O–H groups in total. The van der Waals surface area contributed by atoms with Crippen molar-refractivity contribution in [2.75, 3.05) is 31.4 Å². The zero-order valence-corrected chi connectivity index (χ0v) is 23.0. The Balaban J connectivity index is 1.90. The van der Waals surface area contributed by atoms with E-state index in [0.717, 1.165) is 17.7 Å². The van der Waals surface area contributed by atoms with Crippen LogP contribution in [0.25, 0.3) is 16.7 Å². The van der Waals surface area contributed by atoms with Gasteiger partial charge in [0, 0.05) is 27.4 Å². The lowest BCUT2D eigenvalue weighted by Gasteiger charge is -2.12. The third-order valence-corrected chi connectivity index (χ3v) is 6.94. The summed E-state index contributed by atoms with van der Waals surface area (Å²) in [5.41, 5.74) is 1.01. The van der Waals surface area contributed by atoms with E-state index in [1.165, 1.54) is 18.7 Å². The smallest absolute Gasteiger partial charge is 0.264 e. The fourth-order valence-corrected chi connectivity index (χ4v) is 5.20. The van der Waals surface area contributed by atoms with E-state index in [2.05, 4.69) is 20.4 Å². The topological polar surface area (TPSA) is 165 Å². The fourth-order valence-electron chi connectivity index (χ4n) is 3.86. The lowest BCUT2D eigenvalue weighted by molar-refractivity contribution is -0.114. The van der Waals surface area contributed by atoms with E-state index in [1.54, 1.807) is 37.2 Å². The molecule has 0 atom stereocenters. The maximum Gasteiger partial charge on any atom is 0.264 e. The Morgan fingerprint density at radius 1 is 1.21 bits per heavy atom. The van der Waals surface area contributed by atoms with Crippen molar-refractivity contribution in [3.05, 3.63) is 62.1 Å². The van der Waals surface area contributed by atoms with Gasteiger partial charge in [0.05, 0.1) is 27.7 Å². The van der Waals surface area contributed by atoms with Gasteiger partial charge >= 0.3 is 0 Å². The van der Waals surface area contributed by atoms with Gasteiger partial charge in [-0.2, -0.15) is 0 Å². The van der Waals surface area contributed by atoms with Crippen molar-refractivity contribution in [2.24, 2.45) is 5.14 Å². The number of ether oxygens (including phenoxy) is 1. The normalized spacial score (nSPS) is 11.6. The molecule has 4 rings (SSSR count). The maximum absolute atomic E-state index is 13.2. The summed E-state index contributed by atoms with van der Waals surface area (Å²) in [6.45, 7) is 1.38. The quantitative estimate of drug-likeness (QED) is 0.300. The molecule has 0 unspecified atom stereocenters. The zero-order valence-electron chi connectivity index (χ0n) is 20.7. The molecule has 12 nitrogen and oxygen atoms in total. The van der Waals surface area contributed by atoms with E-state index in [-0.39, 0.29) is 44.0 Å². The average Bonchev–Trinajstić information content (AvgIpc) is 3.18. The molecule has 4 aromatic rings. The van der Waals surface area contributed by atoms with Gasteiger partial charge in [-0.3, -0.25) is 9.59 Å². The third kappa shape index (κ3) is 5.31. The van der Waals surface area contributed by atoms with Crippen LogP contribution in [-0.4, -0.2) is 55.3 Å². The number of hydrogen-bond donors (Lipinski definition) is 3. The number of methoxy groups -OCH3 is 1. The number of anilines is 2. The van der Waals surface area contributed by atoms with E-state index in [9.17, 15) is 18.0 Å². The van der Waals surface area contributed by atoms with Crippen LogP contribution in [0.1, 0.15) is 18.3 Å². The summed E-state index contributed by atoms with van der Waals surface area (Å²) >= 11 is 12.8. The standard InChI is InChI=1S/C23H23Cl2N7O5S/c1-11(33)27-16-7-12(5-6-17(16)37-4)8-18-28-21-19(23(34)29-18)22(31(2)3)30-32(21)20-14(24)9-13(10-15(20)25)38(26,35)36/h5-7,9-10H,8H2,1-4H3,(H,27,33)(H2,26,35,36)(H,28,29,34). The second-order valence-electron chi connectivity index (χ2n) is 8.51. The Kier molecular flexibility index (Phi) is 7.39. The molecule has 0 bridgehead atoms. The van der Waals surface area contributed by atoms with Crippen LogP contribution in [0.15, 0.2) is 40.0 Å². The summed E-state index contributed by atoms with van der Waals surface area (Å²) in [5, 5.41) is 12.5. The number of sulfonamides is 1. The Labute approximate surface area is 227 Å². The number of primary sulfonamides is 1. The van der Waals surface area contributed by atoms with Crippen molar-refractivity contribution in [3.63, 3.8) is 0 Å². The van der Waals surface area contributed by atoms with Gasteiger partial charge in [-0.1, -0.05) is 29.3 Å². The van der Waals surface area contributed by atoms with E-state index in [4.69, 9.17) is 33.1 Å². The van der Waals surface area contributed by atoms with Gasteiger partial charge in [0.15, 0.2) is 11.5 Å². The molecule has 1 amide bonds. The number of nitrogens with zero attached hydrogens (tertiary/aromatic N) is 4. The Hall–Kier alpha value is -3.65. The number of rotatable bonds is 7. The molecule has 0 fully saturated rings. The number of carbonyl (C=O) groups is 1. The number of halogens is 2. The van der Waals surface area contributed by atoms with Crippen molar-refractivity contribution in [2.45, 2.75) is 18.2 Å². The molecular weight excluding hydrogens is 557 g/mol. The minimum Gasteiger partial charge on any atom is -0.495 e. The summed E-state index contributed by atoms with van der Waals surface area (Å²) in [6.07, 6.45) is 0.191. The molecule has 0 spiro atoms. The van der Waals surface area contributed by atoms with Crippen molar-refractivity contribution in [3.8, 4) is 11.4 Å². The molecule has 0 saturated carbocycles. The lowest BCUT2D eigenvalue weighted by Crippen LogP contribution is -2.16. The van der Waals surface area contributed by atoms with Crippen LogP contribution < -0.4 is 25.7 Å². The third-order valence-electron chi connectivity index (χ3n) is 5.47. The van der Waals surface area contributed by atoms with Crippen molar-refractivity contribution >= 4 is 61.7 Å². The maximum atomic E-state index is 13.2. The van der Waals surface area contributed by atoms with Gasteiger partial charge in [0.1, 0.15) is 22.6 Å². The first-order valence-electron chi connectivity index (χ1n) is 11.0. The highest BCUT2D eigenvalue weighted by molar-refractivity contribution is 7.89. The number of aromatic amines is 1. The number of hydrogen-bond acceptors (Lipinski definition) is 8. The van der Waals surface area contributed by atoms with E-state index < -0.39 is 15.6 Å². The molecular formula is C23H23Cl2N7O5S. The Bertz CT molecular complexity index is 1730. The molecule has 200 valence electrons. The monoisotopic (exact) mass is 579 g/mol. The van der Waals surface area contributed by atoms with Crippen LogP contribution in [0.5, 0.6) is 5.75 Å². The minimum atomic E-state index is -4.07. The van der Waals surface area contributed by atoms with Crippen LogP contribution in [0.4, 0.5) is 11.5 Å². The van der Waals surface area contributed by atoms with Gasteiger partial charge in [0.2, 0.25) is 15.9 Å². The first kappa shape index (κ1) is 27.4. The van der Waals surface area contributed by atoms with Gasteiger partial charge < -0.3 is 19.9 Å². The lowest BCUT2D eigenvalue weighted by atomic mass is 10.1. The highest BCUT2D eigenvalue weighted by Gasteiger charge is 2.24.